The van der Waals surface area contributed by atoms with E-state index in [0.717, 1.165) is 49.8 Å². The van der Waals surface area contributed by atoms with E-state index in [1.54, 1.807) is 0 Å². The molecule has 0 bridgehead atoms. The predicted molar refractivity (Wildman–Crippen MR) is 98.0 cm³/mol. The van der Waals surface area contributed by atoms with E-state index in [1.807, 2.05) is 7.05 Å². The third kappa shape index (κ3) is 4.52. The maximum Gasteiger partial charge on any atom is 0.147 e. The highest BCUT2D eigenvalue weighted by Gasteiger charge is 2.20. The van der Waals surface area contributed by atoms with Crippen molar-refractivity contribution in [2.45, 2.75) is 31.8 Å². The second-order valence-corrected chi connectivity index (χ2v) is 6.48. The smallest absolute Gasteiger partial charge is 0.147 e. The summed E-state index contributed by atoms with van der Waals surface area (Å²) in [4.78, 5) is 11.8. The van der Waals surface area contributed by atoms with Crippen molar-refractivity contribution in [1.82, 2.24) is 20.2 Å². The average molecular weight is 325 g/mol. The van der Waals surface area contributed by atoms with Crippen LogP contribution >= 0.6 is 0 Å². The number of likely N-dealkylation sites (N-methyl/N-ethyl adjacent to an activating group) is 1. The second kappa shape index (κ2) is 8.22. The Bertz CT molecular complexity index is 637. The van der Waals surface area contributed by atoms with E-state index >= 15 is 0 Å². The number of aromatic nitrogens is 2. The number of rotatable bonds is 7. The number of nitrogens with zero attached hydrogens (tertiary/aromatic N) is 3. The Balaban J connectivity index is 1.63. The second-order valence-electron chi connectivity index (χ2n) is 6.48. The molecule has 5 nitrogen and oxygen atoms in total. The van der Waals surface area contributed by atoms with E-state index < -0.39 is 0 Å². The minimum atomic E-state index is 0.298. The molecule has 1 fully saturated rings. The summed E-state index contributed by atoms with van der Waals surface area (Å²) in [5.41, 5.74) is 2.45. The molecular formula is C19H27N5. The maximum atomic E-state index is 4.80. The molecule has 0 saturated carbocycles. The van der Waals surface area contributed by atoms with E-state index in [1.165, 1.54) is 12.0 Å². The summed E-state index contributed by atoms with van der Waals surface area (Å²) in [6, 6.07) is 13.0. The zero-order valence-electron chi connectivity index (χ0n) is 14.6. The highest BCUT2D eigenvalue weighted by Crippen LogP contribution is 2.21. The number of anilines is 1. The first-order valence-corrected chi connectivity index (χ1v) is 8.76. The van der Waals surface area contributed by atoms with Gasteiger partial charge in [-0.2, -0.15) is 0 Å². The van der Waals surface area contributed by atoms with Crippen molar-refractivity contribution in [3.63, 3.8) is 0 Å². The molecule has 3 rings (SSSR count). The van der Waals surface area contributed by atoms with Gasteiger partial charge in [-0.25, -0.2) is 9.97 Å². The lowest BCUT2D eigenvalue weighted by molar-refractivity contribution is 0.326. The van der Waals surface area contributed by atoms with Gasteiger partial charge in [0, 0.05) is 26.2 Å². The monoisotopic (exact) mass is 325 g/mol. The number of nitrogens with one attached hydrogen (secondary N) is 2. The number of benzene rings is 1. The topological polar surface area (TPSA) is 53.1 Å². The summed E-state index contributed by atoms with van der Waals surface area (Å²) in [5.74, 6) is 1.82. The molecular weight excluding hydrogens is 298 g/mol. The van der Waals surface area contributed by atoms with Gasteiger partial charge >= 0.3 is 0 Å². The first kappa shape index (κ1) is 16.9. The number of hydrogen-bond donors (Lipinski definition) is 2. The summed E-state index contributed by atoms with van der Waals surface area (Å²) in [6.07, 6.45) is 3.37. The third-order valence-electron chi connectivity index (χ3n) is 4.48. The van der Waals surface area contributed by atoms with Gasteiger partial charge in [0.15, 0.2) is 0 Å². The molecule has 1 saturated heterocycles. The fourth-order valence-electron chi connectivity index (χ4n) is 3.11. The van der Waals surface area contributed by atoms with E-state index in [4.69, 9.17) is 4.98 Å². The lowest BCUT2D eigenvalue weighted by atomic mass is 10.1. The van der Waals surface area contributed by atoms with Crippen LogP contribution in [0.15, 0.2) is 36.4 Å². The van der Waals surface area contributed by atoms with Crippen molar-refractivity contribution in [2.75, 3.05) is 32.5 Å². The molecule has 1 aromatic heterocycles. The first-order chi connectivity index (χ1) is 11.7. The van der Waals surface area contributed by atoms with E-state index in [0.29, 0.717) is 6.04 Å². The van der Waals surface area contributed by atoms with Gasteiger partial charge in [0.2, 0.25) is 0 Å². The Morgan fingerprint density at radius 2 is 2.08 bits per heavy atom. The van der Waals surface area contributed by atoms with Gasteiger partial charge in [-0.3, -0.25) is 0 Å². The molecule has 2 aromatic rings. The summed E-state index contributed by atoms with van der Waals surface area (Å²) < 4.78 is 0. The highest BCUT2D eigenvalue weighted by molar-refractivity contribution is 5.35. The molecule has 2 N–H and O–H groups in total. The van der Waals surface area contributed by atoms with Gasteiger partial charge < -0.3 is 15.5 Å². The Labute approximate surface area is 144 Å². The van der Waals surface area contributed by atoms with Crippen LogP contribution < -0.4 is 10.6 Å². The molecule has 5 heteroatoms. The van der Waals surface area contributed by atoms with Gasteiger partial charge in [0.25, 0.3) is 0 Å². The lowest BCUT2D eigenvalue weighted by Crippen LogP contribution is -2.23. The summed E-state index contributed by atoms with van der Waals surface area (Å²) in [6.45, 7) is 2.91. The zero-order chi connectivity index (χ0) is 16.8. The van der Waals surface area contributed by atoms with Crippen LogP contribution in [0.25, 0.3) is 0 Å². The standard InChI is InChI=1S/C19H27N5/c1-20-18-13-16(22-19(23-18)17-9-6-11-21-17)14-24(2)12-10-15-7-4-3-5-8-15/h3-5,7-8,13,17,21H,6,9-12,14H2,1-2H3,(H,20,22,23). The Kier molecular flexibility index (Phi) is 5.77. The fraction of sp³-hybridized carbons (Fsp3) is 0.474. The van der Waals surface area contributed by atoms with Crippen LogP contribution in [0.4, 0.5) is 5.82 Å². The summed E-state index contributed by atoms with van der Waals surface area (Å²) >= 11 is 0. The molecule has 1 aliphatic heterocycles. The van der Waals surface area contributed by atoms with Gasteiger partial charge in [0.1, 0.15) is 11.6 Å². The molecule has 1 aliphatic rings. The Morgan fingerprint density at radius 1 is 1.25 bits per heavy atom. The highest BCUT2D eigenvalue weighted by atomic mass is 15.1. The van der Waals surface area contributed by atoms with Crippen molar-refractivity contribution in [1.29, 1.82) is 0 Å². The minimum Gasteiger partial charge on any atom is -0.373 e. The third-order valence-corrected chi connectivity index (χ3v) is 4.48. The number of hydrogen-bond acceptors (Lipinski definition) is 5. The molecule has 24 heavy (non-hydrogen) atoms. The maximum absolute atomic E-state index is 4.80. The molecule has 2 heterocycles. The molecule has 1 aromatic carbocycles. The van der Waals surface area contributed by atoms with E-state index in [9.17, 15) is 0 Å². The molecule has 1 unspecified atom stereocenters. The van der Waals surface area contributed by atoms with Crippen molar-refractivity contribution in [3.8, 4) is 0 Å². The zero-order valence-corrected chi connectivity index (χ0v) is 14.6. The molecule has 0 spiro atoms. The molecule has 0 aliphatic carbocycles. The van der Waals surface area contributed by atoms with Crippen LogP contribution in [0, 0.1) is 0 Å². The summed E-state index contributed by atoms with van der Waals surface area (Å²) in [7, 11) is 4.06. The SMILES string of the molecule is CNc1cc(CN(C)CCc2ccccc2)nc(C2CCCN2)n1. The normalized spacial score (nSPS) is 17.4. The van der Waals surface area contributed by atoms with Crippen LogP contribution in [0.1, 0.15) is 36.0 Å². The van der Waals surface area contributed by atoms with Crippen LogP contribution in [-0.2, 0) is 13.0 Å². The van der Waals surface area contributed by atoms with Crippen LogP contribution in [-0.4, -0.2) is 42.1 Å². The molecule has 1 atom stereocenters. The summed E-state index contributed by atoms with van der Waals surface area (Å²) in [5, 5.41) is 6.65. The van der Waals surface area contributed by atoms with Gasteiger partial charge in [-0.1, -0.05) is 30.3 Å². The van der Waals surface area contributed by atoms with Crippen molar-refractivity contribution >= 4 is 5.82 Å². The first-order valence-electron chi connectivity index (χ1n) is 8.76. The average Bonchev–Trinajstić information content (AvgIpc) is 3.15. The quantitative estimate of drug-likeness (QED) is 0.819. The predicted octanol–water partition coefficient (Wildman–Crippen LogP) is 2.62. The molecule has 0 radical (unpaired) electrons. The lowest BCUT2D eigenvalue weighted by Gasteiger charge is -2.18. The molecule has 0 amide bonds. The molecule has 128 valence electrons. The van der Waals surface area contributed by atoms with Crippen LogP contribution in [0.5, 0.6) is 0 Å². The minimum absolute atomic E-state index is 0.298. The van der Waals surface area contributed by atoms with Crippen LogP contribution in [0.3, 0.4) is 0 Å². The van der Waals surface area contributed by atoms with Gasteiger partial charge in [-0.15, -0.1) is 0 Å². The van der Waals surface area contributed by atoms with Crippen molar-refractivity contribution < 1.29 is 0 Å². The Hall–Kier alpha value is -1.98. The van der Waals surface area contributed by atoms with Crippen molar-refractivity contribution in [3.05, 3.63) is 53.5 Å². The Morgan fingerprint density at radius 3 is 2.79 bits per heavy atom. The van der Waals surface area contributed by atoms with Gasteiger partial charge in [0.05, 0.1) is 11.7 Å². The van der Waals surface area contributed by atoms with E-state index in [2.05, 4.69) is 64.0 Å². The fourth-order valence-corrected chi connectivity index (χ4v) is 3.11. The van der Waals surface area contributed by atoms with Crippen LogP contribution in [0.2, 0.25) is 0 Å². The van der Waals surface area contributed by atoms with Crippen molar-refractivity contribution in [2.24, 2.45) is 0 Å². The van der Waals surface area contributed by atoms with Gasteiger partial charge in [-0.05, 0) is 38.4 Å². The van der Waals surface area contributed by atoms with E-state index in [-0.39, 0.29) is 0 Å². The largest absolute Gasteiger partial charge is 0.373 e.